The number of ether oxygens (including phenoxy) is 1. The molecule has 2 aromatic rings. The summed E-state index contributed by atoms with van der Waals surface area (Å²) in [5.41, 5.74) is 2.77. The lowest BCUT2D eigenvalue weighted by Crippen LogP contribution is -2.48. The third kappa shape index (κ3) is 5.07. The van der Waals surface area contributed by atoms with Crippen LogP contribution in [0.4, 0.5) is 5.82 Å². The molecule has 3 rings (SSSR count). The first kappa shape index (κ1) is 20.3. The van der Waals surface area contributed by atoms with E-state index < -0.39 is 0 Å². The van der Waals surface area contributed by atoms with Crippen LogP contribution in [-0.2, 0) is 11.3 Å². The van der Waals surface area contributed by atoms with Crippen LogP contribution in [0.2, 0.25) is 0 Å². The molecule has 1 fully saturated rings. The summed E-state index contributed by atoms with van der Waals surface area (Å²) in [6.07, 6.45) is 0.145. The van der Waals surface area contributed by atoms with E-state index in [9.17, 15) is 4.79 Å². The van der Waals surface area contributed by atoms with Crippen molar-refractivity contribution in [3.8, 4) is 0 Å². The number of hydrogen-bond acceptors (Lipinski definition) is 5. The van der Waals surface area contributed by atoms with Gasteiger partial charge < -0.3 is 15.0 Å². The van der Waals surface area contributed by atoms with Crippen LogP contribution in [0, 0.1) is 6.92 Å². The van der Waals surface area contributed by atoms with Crippen molar-refractivity contribution in [2.75, 3.05) is 18.4 Å². The first-order valence-corrected chi connectivity index (χ1v) is 9.95. The maximum atomic E-state index is 12.8. The first-order valence-electron chi connectivity index (χ1n) is 9.95. The number of amides is 1. The Bertz CT molecular complexity index is 810. The number of carbonyl (C=O) groups is 1. The van der Waals surface area contributed by atoms with Crippen molar-refractivity contribution >= 4 is 11.7 Å². The van der Waals surface area contributed by atoms with Crippen molar-refractivity contribution < 1.29 is 9.53 Å². The second-order valence-corrected chi connectivity index (χ2v) is 7.93. The van der Waals surface area contributed by atoms with Crippen LogP contribution in [0.15, 0.2) is 30.3 Å². The molecule has 0 radical (unpaired) electrons. The van der Waals surface area contributed by atoms with Gasteiger partial charge in [-0.25, -0.2) is 9.97 Å². The van der Waals surface area contributed by atoms with E-state index in [2.05, 4.69) is 29.1 Å². The second-order valence-electron chi connectivity index (χ2n) is 7.93. The monoisotopic (exact) mass is 382 g/mol. The molecule has 1 aromatic heterocycles. The summed E-state index contributed by atoms with van der Waals surface area (Å²) in [4.78, 5) is 23.7. The number of anilines is 1. The maximum Gasteiger partial charge on any atom is 0.254 e. The van der Waals surface area contributed by atoms with Crippen LogP contribution < -0.4 is 5.32 Å². The lowest BCUT2D eigenvalue weighted by Gasteiger charge is -2.35. The smallest absolute Gasteiger partial charge is 0.254 e. The van der Waals surface area contributed by atoms with Crippen molar-refractivity contribution in [3.05, 3.63) is 53.0 Å². The predicted molar refractivity (Wildman–Crippen MR) is 111 cm³/mol. The molecule has 0 spiro atoms. The fourth-order valence-electron chi connectivity index (χ4n) is 3.42. The highest BCUT2D eigenvalue weighted by atomic mass is 16.5. The van der Waals surface area contributed by atoms with Crippen LogP contribution in [0.5, 0.6) is 0 Å². The van der Waals surface area contributed by atoms with Gasteiger partial charge in [-0.05, 0) is 38.5 Å². The standard InChI is InChI=1S/C22H30N4O2/c1-14(2)21-24-15(3)10-20(25-21)23-11-18-6-8-19(9-7-18)22(27)26-12-16(4)28-17(5)13-26/h6-10,14,16-17H,11-13H2,1-5H3,(H,23,24,25). The fraction of sp³-hybridized carbons (Fsp3) is 0.500. The Morgan fingerprint density at radius 2 is 1.82 bits per heavy atom. The summed E-state index contributed by atoms with van der Waals surface area (Å²) in [7, 11) is 0. The Balaban J connectivity index is 1.62. The van der Waals surface area contributed by atoms with Gasteiger partial charge in [0.25, 0.3) is 5.91 Å². The molecule has 28 heavy (non-hydrogen) atoms. The van der Waals surface area contributed by atoms with Crippen molar-refractivity contribution in [2.24, 2.45) is 0 Å². The second kappa shape index (κ2) is 8.69. The molecule has 2 atom stereocenters. The zero-order valence-electron chi connectivity index (χ0n) is 17.4. The molecule has 1 saturated heterocycles. The van der Waals surface area contributed by atoms with E-state index in [1.165, 1.54) is 0 Å². The molecular formula is C22H30N4O2. The molecule has 1 aliphatic heterocycles. The molecule has 1 aliphatic rings. The summed E-state index contributed by atoms with van der Waals surface area (Å²) >= 11 is 0. The number of benzene rings is 1. The average molecular weight is 383 g/mol. The lowest BCUT2D eigenvalue weighted by molar-refractivity contribution is -0.0586. The van der Waals surface area contributed by atoms with E-state index in [1.807, 2.05) is 56.0 Å². The SMILES string of the molecule is Cc1cc(NCc2ccc(C(=O)N3CC(C)OC(C)C3)cc2)nc(C(C)C)n1. The lowest BCUT2D eigenvalue weighted by atomic mass is 10.1. The van der Waals surface area contributed by atoms with Gasteiger partial charge in [0.15, 0.2) is 0 Å². The molecule has 6 nitrogen and oxygen atoms in total. The topological polar surface area (TPSA) is 67.4 Å². The van der Waals surface area contributed by atoms with Crippen molar-refractivity contribution in [2.45, 2.75) is 59.3 Å². The third-order valence-corrected chi connectivity index (χ3v) is 4.77. The van der Waals surface area contributed by atoms with E-state index in [-0.39, 0.29) is 24.0 Å². The molecule has 150 valence electrons. The zero-order valence-corrected chi connectivity index (χ0v) is 17.4. The summed E-state index contributed by atoms with van der Waals surface area (Å²) in [5.74, 6) is 2.02. The summed E-state index contributed by atoms with van der Waals surface area (Å²) < 4.78 is 5.71. The Morgan fingerprint density at radius 3 is 2.43 bits per heavy atom. The van der Waals surface area contributed by atoms with Crippen LogP contribution in [0.3, 0.4) is 0 Å². The predicted octanol–water partition coefficient (Wildman–Crippen LogP) is 3.77. The highest BCUT2D eigenvalue weighted by Gasteiger charge is 2.26. The molecule has 1 N–H and O–H groups in total. The Labute approximate surface area is 167 Å². The van der Waals surface area contributed by atoms with Gasteiger partial charge in [0, 0.05) is 42.9 Å². The highest BCUT2D eigenvalue weighted by Crippen LogP contribution is 2.17. The number of nitrogens with zero attached hydrogens (tertiary/aromatic N) is 3. The van der Waals surface area contributed by atoms with Gasteiger partial charge >= 0.3 is 0 Å². The van der Waals surface area contributed by atoms with Gasteiger partial charge in [0.05, 0.1) is 12.2 Å². The van der Waals surface area contributed by atoms with Gasteiger partial charge in [-0.2, -0.15) is 0 Å². The Hall–Kier alpha value is -2.47. The van der Waals surface area contributed by atoms with E-state index >= 15 is 0 Å². The number of rotatable bonds is 5. The van der Waals surface area contributed by atoms with E-state index in [0.717, 1.165) is 22.9 Å². The quantitative estimate of drug-likeness (QED) is 0.853. The summed E-state index contributed by atoms with van der Waals surface area (Å²) in [5, 5.41) is 3.36. The molecule has 0 saturated carbocycles. The third-order valence-electron chi connectivity index (χ3n) is 4.77. The number of nitrogens with one attached hydrogen (secondary N) is 1. The minimum absolute atomic E-state index is 0.0644. The van der Waals surface area contributed by atoms with Crippen molar-refractivity contribution in [1.82, 2.24) is 14.9 Å². The fourth-order valence-corrected chi connectivity index (χ4v) is 3.42. The number of morpholine rings is 1. The van der Waals surface area contributed by atoms with Crippen molar-refractivity contribution in [1.29, 1.82) is 0 Å². The van der Waals surface area contributed by atoms with Gasteiger partial charge in [-0.1, -0.05) is 26.0 Å². The number of aromatic nitrogens is 2. The molecule has 1 aromatic carbocycles. The molecule has 0 bridgehead atoms. The Kier molecular flexibility index (Phi) is 6.29. The minimum Gasteiger partial charge on any atom is -0.372 e. The van der Waals surface area contributed by atoms with Gasteiger partial charge in [0.1, 0.15) is 11.6 Å². The van der Waals surface area contributed by atoms with Crippen LogP contribution in [0.1, 0.15) is 61.1 Å². The number of aryl methyl sites for hydroxylation is 1. The van der Waals surface area contributed by atoms with Gasteiger partial charge in [-0.15, -0.1) is 0 Å². The van der Waals surface area contributed by atoms with Gasteiger partial charge in [-0.3, -0.25) is 4.79 Å². The average Bonchev–Trinajstić information content (AvgIpc) is 2.65. The maximum absolute atomic E-state index is 12.8. The normalized spacial score (nSPS) is 19.7. The number of hydrogen-bond donors (Lipinski definition) is 1. The summed E-state index contributed by atoms with van der Waals surface area (Å²) in [6.45, 7) is 12.1. The molecule has 6 heteroatoms. The van der Waals surface area contributed by atoms with Crippen LogP contribution in [-0.4, -0.2) is 46.1 Å². The van der Waals surface area contributed by atoms with Crippen LogP contribution in [0.25, 0.3) is 0 Å². The van der Waals surface area contributed by atoms with Crippen molar-refractivity contribution in [3.63, 3.8) is 0 Å². The largest absolute Gasteiger partial charge is 0.372 e. The molecular weight excluding hydrogens is 352 g/mol. The Morgan fingerprint density at radius 1 is 1.18 bits per heavy atom. The zero-order chi connectivity index (χ0) is 20.3. The minimum atomic E-state index is 0.0644. The molecule has 1 amide bonds. The molecule has 0 aliphatic carbocycles. The van der Waals surface area contributed by atoms with E-state index in [0.29, 0.717) is 25.2 Å². The molecule has 2 heterocycles. The first-order chi connectivity index (χ1) is 13.3. The van der Waals surface area contributed by atoms with Gasteiger partial charge in [0.2, 0.25) is 0 Å². The highest BCUT2D eigenvalue weighted by molar-refractivity contribution is 5.94. The van der Waals surface area contributed by atoms with E-state index in [1.54, 1.807) is 0 Å². The van der Waals surface area contributed by atoms with Crippen LogP contribution >= 0.6 is 0 Å². The number of carbonyl (C=O) groups excluding carboxylic acids is 1. The summed E-state index contributed by atoms with van der Waals surface area (Å²) in [6, 6.07) is 9.73. The van der Waals surface area contributed by atoms with E-state index in [4.69, 9.17) is 4.74 Å². The molecule has 2 unspecified atom stereocenters.